The first-order valence-electron chi connectivity index (χ1n) is 3.90. The van der Waals surface area contributed by atoms with Crippen molar-refractivity contribution in [3.63, 3.8) is 0 Å². The van der Waals surface area contributed by atoms with Gasteiger partial charge in [-0.15, -0.1) is 0 Å². The minimum atomic E-state index is 0.457. The Morgan fingerprint density at radius 3 is 3.00 bits per heavy atom. The predicted molar refractivity (Wildman–Crippen MR) is 40.9 cm³/mol. The van der Waals surface area contributed by atoms with E-state index in [1.165, 1.54) is 0 Å². The first-order chi connectivity index (χ1) is 4.88. The molecule has 3 heteroatoms. The molecule has 1 heterocycles. The van der Waals surface area contributed by atoms with Crippen molar-refractivity contribution in [1.82, 2.24) is 4.90 Å². The summed E-state index contributed by atoms with van der Waals surface area (Å²) in [6.45, 7) is 6.68. The topological polar surface area (TPSA) is 38.5 Å². The van der Waals surface area contributed by atoms with Crippen LogP contribution < -0.4 is 5.73 Å². The van der Waals surface area contributed by atoms with Crippen LogP contribution in [0.3, 0.4) is 0 Å². The van der Waals surface area contributed by atoms with Gasteiger partial charge in [0, 0.05) is 19.1 Å². The van der Waals surface area contributed by atoms with Gasteiger partial charge in [-0.05, 0) is 6.54 Å². The van der Waals surface area contributed by atoms with Crippen LogP contribution >= 0.6 is 0 Å². The number of rotatable bonds is 2. The zero-order valence-corrected chi connectivity index (χ0v) is 6.55. The van der Waals surface area contributed by atoms with Crippen LogP contribution in [0, 0.1) is 0 Å². The van der Waals surface area contributed by atoms with Crippen LogP contribution in [0.1, 0.15) is 6.92 Å². The number of hydrogen-bond donors (Lipinski definition) is 1. The SMILES string of the molecule is CCN1CCOCC1CN. The zero-order valence-electron chi connectivity index (χ0n) is 6.55. The van der Waals surface area contributed by atoms with Gasteiger partial charge in [-0.3, -0.25) is 4.90 Å². The van der Waals surface area contributed by atoms with E-state index in [4.69, 9.17) is 10.5 Å². The molecule has 1 aliphatic rings. The molecule has 0 aromatic carbocycles. The van der Waals surface area contributed by atoms with Crippen molar-refractivity contribution in [3.8, 4) is 0 Å². The molecule has 1 rings (SSSR count). The Morgan fingerprint density at radius 1 is 1.70 bits per heavy atom. The van der Waals surface area contributed by atoms with Gasteiger partial charge in [0.15, 0.2) is 0 Å². The van der Waals surface area contributed by atoms with Crippen molar-refractivity contribution < 1.29 is 4.74 Å². The van der Waals surface area contributed by atoms with E-state index in [1.54, 1.807) is 0 Å². The molecule has 0 saturated carbocycles. The largest absolute Gasteiger partial charge is 0.378 e. The van der Waals surface area contributed by atoms with Gasteiger partial charge in [0.2, 0.25) is 0 Å². The van der Waals surface area contributed by atoms with Gasteiger partial charge >= 0.3 is 0 Å². The third kappa shape index (κ3) is 1.68. The second-order valence-corrected chi connectivity index (χ2v) is 2.59. The molecule has 0 bridgehead atoms. The Bertz CT molecular complexity index is 85.6. The molecular weight excluding hydrogens is 128 g/mol. The molecule has 10 heavy (non-hydrogen) atoms. The van der Waals surface area contributed by atoms with Crippen LogP contribution in [0.15, 0.2) is 0 Å². The minimum absolute atomic E-state index is 0.457. The smallest absolute Gasteiger partial charge is 0.0634 e. The minimum Gasteiger partial charge on any atom is -0.378 e. The van der Waals surface area contributed by atoms with Crippen molar-refractivity contribution in [3.05, 3.63) is 0 Å². The Morgan fingerprint density at radius 2 is 2.50 bits per heavy atom. The summed E-state index contributed by atoms with van der Waals surface area (Å²) in [5.41, 5.74) is 5.55. The Kier molecular flexibility index (Phi) is 3.12. The van der Waals surface area contributed by atoms with Gasteiger partial charge < -0.3 is 10.5 Å². The standard InChI is InChI=1S/C7H16N2O/c1-2-9-3-4-10-6-7(9)5-8/h7H,2-6,8H2,1H3. The average molecular weight is 144 g/mol. The van der Waals surface area contributed by atoms with Gasteiger partial charge in [-0.25, -0.2) is 0 Å². The summed E-state index contributed by atoms with van der Waals surface area (Å²) in [5.74, 6) is 0. The lowest BCUT2D eigenvalue weighted by molar-refractivity contribution is -0.00112. The van der Waals surface area contributed by atoms with Gasteiger partial charge in [0.05, 0.1) is 13.2 Å². The maximum Gasteiger partial charge on any atom is 0.0634 e. The summed E-state index contributed by atoms with van der Waals surface area (Å²) < 4.78 is 5.28. The summed E-state index contributed by atoms with van der Waals surface area (Å²) >= 11 is 0. The molecule has 2 N–H and O–H groups in total. The maximum atomic E-state index is 5.55. The number of nitrogens with two attached hydrogens (primary N) is 1. The van der Waals surface area contributed by atoms with Gasteiger partial charge in [-0.2, -0.15) is 0 Å². The maximum absolute atomic E-state index is 5.55. The molecule has 1 atom stereocenters. The van der Waals surface area contributed by atoms with Crippen molar-refractivity contribution in [1.29, 1.82) is 0 Å². The second-order valence-electron chi connectivity index (χ2n) is 2.59. The normalized spacial score (nSPS) is 28.8. The summed E-state index contributed by atoms with van der Waals surface area (Å²) in [4.78, 5) is 2.36. The average Bonchev–Trinajstić information content (AvgIpc) is 2.04. The van der Waals surface area contributed by atoms with Crippen LogP contribution in [0.5, 0.6) is 0 Å². The first kappa shape index (κ1) is 7.98. The lowest BCUT2D eigenvalue weighted by atomic mass is 10.2. The van der Waals surface area contributed by atoms with Gasteiger partial charge in [0.25, 0.3) is 0 Å². The lowest BCUT2D eigenvalue weighted by Crippen LogP contribution is -2.48. The van der Waals surface area contributed by atoms with Crippen LogP contribution in [0.2, 0.25) is 0 Å². The highest BCUT2D eigenvalue weighted by Crippen LogP contribution is 2.03. The molecule has 0 aliphatic carbocycles. The van der Waals surface area contributed by atoms with Crippen LogP contribution in [0.25, 0.3) is 0 Å². The molecule has 0 radical (unpaired) electrons. The zero-order chi connectivity index (χ0) is 7.40. The molecule has 60 valence electrons. The lowest BCUT2D eigenvalue weighted by Gasteiger charge is -2.33. The third-order valence-electron chi connectivity index (χ3n) is 2.03. The van der Waals surface area contributed by atoms with Crippen LogP contribution in [0.4, 0.5) is 0 Å². The number of morpholine rings is 1. The van der Waals surface area contributed by atoms with Crippen LogP contribution in [-0.2, 0) is 4.74 Å². The summed E-state index contributed by atoms with van der Waals surface area (Å²) in [7, 11) is 0. The molecular formula is C7H16N2O. The fourth-order valence-corrected chi connectivity index (χ4v) is 1.32. The van der Waals surface area contributed by atoms with E-state index >= 15 is 0 Å². The van der Waals surface area contributed by atoms with Crippen molar-refractivity contribution in [2.75, 3.05) is 32.8 Å². The highest BCUT2D eigenvalue weighted by molar-refractivity contribution is 4.74. The second kappa shape index (κ2) is 3.91. The molecule has 3 nitrogen and oxygen atoms in total. The molecule has 0 spiro atoms. The number of hydrogen-bond acceptors (Lipinski definition) is 3. The third-order valence-corrected chi connectivity index (χ3v) is 2.03. The highest BCUT2D eigenvalue weighted by Gasteiger charge is 2.19. The molecule has 1 unspecified atom stereocenters. The van der Waals surface area contributed by atoms with Crippen LogP contribution in [-0.4, -0.2) is 43.8 Å². The molecule has 0 aromatic rings. The number of likely N-dealkylation sites (N-methyl/N-ethyl adjacent to an activating group) is 1. The summed E-state index contributed by atoms with van der Waals surface area (Å²) in [5, 5.41) is 0. The number of ether oxygens (including phenoxy) is 1. The van der Waals surface area contributed by atoms with Crippen molar-refractivity contribution in [2.45, 2.75) is 13.0 Å². The summed E-state index contributed by atoms with van der Waals surface area (Å²) in [6, 6.07) is 0.457. The van der Waals surface area contributed by atoms with E-state index in [-0.39, 0.29) is 0 Å². The van der Waals surface area contributed by atoms with E-state index in [0.717, 1.165) is 26.3 Å². The molecule has 1 saturated heterocycles. The van der Waals surface area contributed by atoms with E-state index in [9.17, 15) is 0 Å². The van der Waals surface area contributed by atoms with E-state index in [1.807, 2.05) is 0 Å². The predicted octanol–water partition coefficient (Wildman–Crippen LogP) is -0.334. The summed E-state index contributed by atoms with van der Waals surface area (Å²) in [6.07, 6.45) is 0. The molecule has 1 aliphatic heterocycles. The quantitative estimate of drug-likeness (QED) is 0.576. The Hall–Kier alpha value is -0.120. The Labute approximate surface area is 62.1 Å². The van der Waals surface area contributed by atoms with Gasteiger partial charge in [-0.1, -0.05) is 6.92 Å². The molecule has 0 aromatic heterocycles. The van der Waals surface area contributed by atoms with E-state index < -0.39 is 0 Å². The number of nitrogens with zero attached hydrogens (tertiary/aromatic N) is 1. The van der Waals surface area contributed by atoms with Gasteiger partial charge in [0.1, 0.15) is 0 Å². The molecule has 0 amide bonds. The fraction of sp³-hybridized carbons (Fsp3) is 1.00. The van der Waals surface area contributed by atoms with E-state index in [2.05, 4.69) is 11.8 Å². The fourth-order valence-electron chi connectivity index (χ4n) is 1.32. The molecule has 1 fully saturated rings. The van der Waals surface area contributed by atoms with Crippen molar-refractivity contribution in [2.24, 2.45) is 5.73 Å². The monoisotopic (exact) mass is 144 g/mol. The first-order valence-corrected chi connectivity index (χ1v) is 3.90. The Balaban J connectivity index is 2.34. The van der Waals surface area contributed by atoms with E-state index in [0.29, 0.717) is 12.6 Å². The van der Waals surface area contributed by atoms with Crippen molar-refractivity contribution >= 4 is 0 Å². The highest BCUT2D eigenvalue weighted by atomic mass is 16.5.